The molecule has 5 rings (SSSR count). The van der Waals surface area contributed by atoms with Gasteiger partial charge in [-0.1, -0.05) is 132 Å². The van der Waals surface area contributed by atoms with Gasteiger partial charge in [-0.15, -0.1) is 0 Å². The lowest BCUT2D eigenvalue weighted by Gasteiger charge is -2.29. The summed E-state index contributed by atoms with van der Waals surface area (Å²) in [6, 6.07) is 26.0. The summed E-state index contributed by atoms with van der Waals surface area (Å²) in [4.78, 5) is 13.1. The number of ether oxygens (including phenoxy) is 2. The summed E-state index contributed by atoms with van der Waals surface area (Å²) in [6.45, 7) is 4.57. The summed E-state index contributed by atoms with van der Waals surface area (Å²) in [6.07, 6.45) is 19.3. The Labute approximate surface area is 290 Å². The molecule has 4 nitrogen and oxygen atoms in total. The molecule has 2 aliphatic rings. The quantitative estimate of drug-likeness (QED) is 0.0895. The van der Waals surface area contributed by atoms with Crippen molar-refractivity contribution in [3.05, 3.63) is 107 Å². The zero-order chi connectivity index (χ0) is 33.6. The van der Waals surface area contributed by atoms with E-state index in [9.17, 15) is 9.90 Å². The summed E-state index contributed by atoms with van der Waals surface area (Å²) < 4.78 is 12.0. The van der Waals surface area contributed by atoms with Gasteiger partial charge in [0.1, 0.15) is 12.7 Å². The molecule has 4 heteroatoms. The molecule has 0 bridgehead atoms. The number of carbonyl (C=O) groups excluding carboxylic acids is 1. The van der Waals surface area contributed by atoms with Crippen LogP contribution in [0.2, 0.25) is 0 Å². The van der Waals surface area contributed by atoms with E-state index in [-0.39, 0.29) is 12.6 Å². The van der Waals surface area contributed by atoms with E-state index in [1.54, 1.807) is 0 Å². The third kappa shape index (κ3) is 10.8. The van der Waals surface area contributed by atoms with Crippen molar-refractivity contribution in [2.75, 3.05) is 6.61 Å². The molecule has 2 atom stereocenters. The van der Waals surface area contributed by atoms with Gasteiger partial charge >= 0.3 is 5.97 Å². The van der Waals surface area contributed by atoms with Gasteiger partial charge in [-0.3, -0.25) is 0 Å². The minimum atomic E-state index is -1.13. The zero-order valence-electron chi connectivity index (χ0n) is 29.7. The number of aliphatic hydroxyl groups is 1. The van der Waals surface area contributed by atoms with Crippen LogP contribution in [-0.4, -0.2) is 17.7 Å². The maximum absolute atomic E-state index is 13.1. The molecule has 2 unspecified atom stereocenters. The first-order valence-corrected chi connectivity index (χ1v) is 19.3. The van der Waals surface area contributed by atoms with E-state index in [2.05, 4.69) is 38.1 Å². The first kappa shape index (κ1) is 36.3. The van der Waals surface area contributed by atoms with Gasteiger partial charge in [-0.2, -0.15) is 0 Å². The van der Waals surface area contributed by atoms with Crippen LogP contribution in [0.4, 0.5) is 0 Å². The van der Waals surface area contributed by atoms with E-state index in [0.717, 1.165) is 17.4 Å². The number of hydrogen-bond acceptors (Lipinski definition) is 4. The van der Waals surface area contributed by atoms with Crippen molar-refractivity contribution in [3.63, 3.8) is 0 Å². The van der Waals surface area contributed by atoms with Crippen molar-refractivity contribution < 1.29 is 19.4 Å². The van der Waals surface area contributed by atoms with Crippen LogP contribution < -0.4 is 0 Å². The molecule has 0 aromatic heterocycles. The molecule has 0 spiro atoms. The van der Waals surface area contributed by atoms with Gasteiger partial charge in [-0.05, 0) is 104 Å². The lowest BCUT2D eigenvalue weighted by molar-refractivity contribution is -0.153. The Kier molecular flexibility index (Phi) is 14.6. The second-order valence-electron chi connectivity index (χ2n) is 14.7. The highest BCUT2D eigenvalue weighted by molar-refractivity contribution is 5.89. The first-order valence-electron chi connectivity index (χ1n) is 19.3. The first-order chi connectivity index (χ1) is 23.5. The Bertz CT molecular complexity index is 1320. The summed E-state index contributed by atoms with van der Waals surface area (Å²) in [7, 11) is 0. The minimum absolute atomic E-state index is 0.0171. The average Bonchev–Trinajstić information content (AvgIpc) is 3.14. The predicted octanol–water partition coefficient (Wildman–Crippen LogP) is 12.0. The summed E-state index contributed by atoms with van der Waals surface area (Å²) in [5.74, 6) is 2.58. The van der Waals surface area contributed by atoms with Crippen molar-refractivity contribution in [1.82, 2.24) is 0 Å². The number of hydrogen-bond donors (Lipinski definition) is 1. The molecule has 0 amide bonds. The number of esters is 1. The largest absolute Gasteiger partial charge is 0.459 e. The Morgan fingerprint density at radius 2 is 1.15 bits per heavy atom. The van der Waals surface area contributed by atoms with E-state index in [0.29, 0.717) is 23.0 Å². The van der Waals surface area contributed by atoms with Crippen LogP contribution in [0.1, 0.15) is 173 Å². The maximum atomic E-state index is 13.1. The molecular formula is C44H60O4. The highest BCUT2D eigenvalue weighted by Gasteiger charge is 2.25. The molecule has 3 aromatic rings. The van der Waals surface area contributed by atoms with Crippen molar-refractivity contribution in [2.24, 2.45) is 11.8 Å². The lowest BCUT2D eigenvalue weighted by atomic mass is 9.77. The van der Waals surface area contributed by atoms with Gasteiger partial charge in [0.25, 0.3) is 0 Å². The van der Waals surface area contributed by atoms with Crippen molar-refractivity contribution in [3.8, 4) is 0 Å². The summed E-state index contributed by atoms with van der Waals surface area (Å²) in [5.41, 5.74) is 4.80. The van der Waals surface area contributed by atoms with Gasteiger partial charge < -0.3 is 14.6 Å². The highest BCUT2D eigenvalue weighted by Crippen LogP contribution is 2.39. The Hall–Kier alpha value is -2.95. The number of benzene rings is 3. The fourth-order valence-electron chi connectivity index (χ4n) is 8.11. The Morgan fingerprint density at radius 3 is 1.65 bits per heavy atom. The predicted molar refractivity (Wildman–Crippen MR) is 196 cm³/mol. The van der Waals surface area contributed by atoms with Crippen molar-refractivity contribution >= 4 is 5.97 Å². The van der Waals surface area contributed by atoms with E-state index in [4.69, 9.17) is 9.47 Å². The monoisotopic (exact) mass is 652 g/mol. The standard InChI is InChI=1S/C44H60O4/c1-3-5-8-12-33-16-20-35(21-17-33)37-24-28-40(29-25-37)43(45)47-32-42(39-14-10-7-11-15-39)48-44(46)41-30-26-38(27-31-41)36-22-18-34(19-23-36)13-9-6-4-2/h7,10-11,14-15,24-31,33-36,42,44,46H,3-6,8-9,12-13,16-23,32H2,1-2H3. The van der Waals surface area contributed by atoms with E-state index >= 15 is 0 Å². The van der Waals surface area contributed by atoms with Crippen LogP contribution in [-0.2, 0) is 9.47 Å². The van der Waals surface area contributed by atoms with Crippen LogP contribution in [0.25, 0.3) is 0 Å². The van der Waals surface area contributed by atoms with Crippen molar-refractivity contribution in [2.45, 2.75) is 141 Å². The zero-order valence-corrected chi connectivity index (χ0v) is 29.7. The van der Waals surface area contributed by atoms with Crippen molar-refractivity contribution in [1.29, 1.82) is 0 Å². The van der Waals surface area contributed by atoms with Gasteiger partial charge in [0, 0.05) is 5.56 Å². The normalized spacial score (nSPS) is 22.6. The minimum Gasteiger partial charge on any atom is -0.459 e. The summed E-state index contributed by atoms with van der Waals surface area (Å²) >= 11 is 0. The van der Waals surface area contributed by atoms with Crippen LogP contribution in [0.15, 0.2) is 78.9 Å². The molecule has 0 saturated heterocycles. The van der Waals surface area contributed by atoms with Gasteiger partial charge in [-0.25, -0.2) is 4.79 Å². The highest BCUT2D eigenvalue weighted by atomic mass is 16.6. The van der Waals surface area contributed by atoms with Crippen LogP contribution in [0.3, 0.4) is 0 Å². The lowest BCUT2D eigenvalue weighted by Crippen LogP contribution is -2.18. The van der Waals surface area contributed by atoms with Gasteiger partial charge in [0.05, 0.1) is 5.56 Å². The van der Waals surface area contributed by atoms with Gasteiger partial charge in [0.2, 0.25) is 0 Å². The molecule has 2 aliphatic carbocycles. The molecule has 0 heterocycles. The second kappa shape index (κ2) is 19.3. The number of unbranched alkanes of at least 4 members (excludes halogenated alkanes) is 4. The van der Waals surface area contributed by atoms with E-state index < -0.39 is 12.4 Å². The molecule has 3 aromatic carbocycles. The number of rotatable bonds is 17. The summed E-state index contributed by atoms with van der Waals surface area (Å²) in [5, 5.41) is 11.1. The number of carbonyl (C=O) groups is 1. The average molecular weight is 653 g/mol. The smallest absolute Gasteiger partial charge is 0.338 e. The molecule has 2 saturated carbocycles. The third-order valence-electron chi connectivity index (χ3n) is 11.3. The fraction of sp³-hybridized carbons (Fsp3) is 0.568. The molecule has 2 fully saturated rings. The second-order valence-corrected chi connectivity index (χ2v) is 14.7. The van der Waals surface area contributed by atoms with E-state index in [1.165, 1.54) is 114 Å². The van der Waals surface area contributed by atoms with Crippen LogP contribution >= 0.6 is 0 Å². The van der Waals surface area contributed by atoms with E-state index in [1.807, 2.05) is 54.6 Å². The molecule has 48 heavy (non-hydrogen) atoms. The number of aliphatic hydroxyl groups excluding tert-OH is 1. The Morgan fingerprint density at radius 1 is 0.646 bits per heavy atom. The molecular weight excluding hydrogens is 592 g/mol. The Balaban J connectivity index is 1.12. The molecule has 0 aliphatic heterocycles. The maximum Gasteiger partial charge on any atom is 0.338 e. The molecule has 0 radical (unpaired) electrons. The topological polar surface area (TPSA) is 55.8 Å². The molecule has 260 valence electrons. The molecule has 1 N–H and O–H groups in total. The fourth-order valence-corrected chi connectivity index (χ4v) is 8.11. The van der Waals surface area contributed by atoms with Crippen LogP contribution in [0, 0.1) is 11.8 Å². The SMILES string of the molecule is CCCCCC1CCC(c2ccc(C(=O)OCC(OC(O)c3ccc(C4CCC(CCCCC)CC4)cc3)c3ccccc3)cc2)CC1. The van der Waals surface area contributed by atoms with Gasteiger partial charge in [0.15, 0.2) is 6.29 Å². The van der Waals surface area contributed by atoms with Crippen LogP contribution in [0.5, 0.6) is 0 Å². The third-order valence-corrected chi connectivity index (χ3v) is 11.3.